The monoisotopic (exact) mass is 312 g/mol. The molecule has 3 aromatic heterocycles. The zero-order valence-electron chi connectivity index (χ0n) is 12.7. The number of hydrogen-bond donors (Lipinski definition) is 0. The fourth-order valence-corrected chi connectivity index (χ4v) is 2.99. The Balaban J connectivity index is 1.59. The quantitative estimate of drug-likeness (QED) is 0.729. The first-order chi connectivity index (χ1) is 11.2. The molecule has 23 heavy (non-hydrogen) atoms. The fraction of sp³-hybridized carbons (Fsp3) is 0.333. The Kier molecular flexibility index (Phi) is 3.22. The van der Waals surface area contributed by atoms with Crippen LogP contribution < -0.4 is 0 Å². The normalized spacial score (nSPS) is 17.3. The number of furan rings is 1. The van der Waals surface area contributed by atoms with Gasteiger partial charge in [0.05, 0.1) is 30.7 Å². The number of rotatable bonds is 3. The van der Waals surface area contributed by atoms with Gasteiger partial charge in [0.1, 0.15) is 18.5 Å². The number of fused-ring (bicyclic) bond motifs is 1. The summed E-state index contributed by atoms with van der Waals surface area (Å²) in [4.78, 5) is 22.8. The van der Waals surface area contributed by atoms with Crippen LogP contribution >= 0.6 is 0 Å². The summed E-state index contributed by atoms with van der Waals surface area (Å²) in [6, 6.07) is 3.30. The average Bonchev–Trinajstić information content (AvgIpc) is 3.30. The molecule has 1 aliphatic heterocycles. The van der Waals surface area contributed by atoms with Crippen LogP contribution in [0.2, 0.25) is 0 Å². The Morgan fingerprint density at radius 1 is 1.43 bits per heavy atom. The highest BCUT2D eigenvalue weighted by Gasteiger charge is 2.31. The van der Waals surface area contributed by atoms with E-state index in [-0.39, 0.29) is 11.9 Å². The highest BCUT2D eigenvalue weighted by atomic mass is 16.3. The third-order valence-corrected chi connectivity index (χ3v) is 4.16. The lowest BCUT2D eigenvalue weighted by atomic mass is 10.2. The Labute approximate surface area is 132 Å². The van der Waals surface area contributed by atoms with Crippen LogP contribution in [-0.4, -0.2) is 41.7 Å². The lowest BCUT2D eigenvalue weighted by Crippen LogP contribution is -2.41. The van der Waals surface area contributed by atoms with Gasteiger partial charge in [-0.05, 0) is 19.1 Å². The third-order valence-electron chi connectivity index (χ3n) is 4.16. The molecule has 1 unspecified atom stereocenters. The SMILES string of the molecule is CC1c2ncc(Cn3cncn3)n2CCN1C(=O)c1ccco1. The molecule has 0 saturated carbocycles. The summed E-state index contributed by atoms with van der Waals surface area (Å²) in [7, 11) is 0. The second kappa shape index (κ2) is 5.38. The maximum Gasteiger partial charge on any atom is 0.290 e. The fourth-order valence-electron chi connectivity index (χ4n) is 2.99. The topological polar surface area (TPSA) is 82.0 Å². The predicted octanol–water partition coefficient (Wildman–Crippen LogP) is 1.33. The van der Waals surface area contributed by atoms with Gasteiger partial charge in [-0.15, -0.1) is 0 Å². The van der Waals surface area contributed by atoms with E-state index in [0.717, 1.165) is 11.5 Å². The zero-order chi connectivity index (χ0) is 15.8. The predicted molar refractivity (Wildman–Crippen MR) is 79.5 cm³/mol. The molecular formula is C15H16N6O2. The lowest BCUT2D eigenvalue weighted by molar-refractivity contribution is 0.0603. The minimum atomic E-state index is -0.106. The highest BCUT2D eigenvalue weighted by Crippen LogP contribution is 2.27. The van der Waals surface area contributed by atoms with Crippen molar-refractivity contribution in [2.45, 2.75) is 26.1 Å². The summed E-state index contributed by atoms with van der Waals surface area (Å²) < 4.78 is 9.13. The van der Waals surface area contributed by atoms with Crippen molar-refractivity contribution >= 4 is 5.91 Å². The molecule has 0 aliphatic carbocycles. The standard InChI is InChI=1S/C15H16N6O2/c1-11-14-17-7-12(8-19-10-16-9-18-19)21(14)5-4-20(11)15(22)13-3-2-6-23-13/h2-3,6-7,9-11H,4-5,8H2,1H3. The maximum absolute atomic E-state index is 12.5. The van der Waals surface area contributed by atoms with Gasteiger partial charge >= 0.3 is 0 Å². The van der Waals surface area contributed by atoms with E-state index in [1.165, 1.54) is 12.6 Å². The van der Waals surface area contributed by atoms with Gasteiger partial charge < -0.3 is 13.9 Å². The molecule has 0 saturated heterocycles. The number of aromatic nitrogens is 5. The van der Waals surface area contributed by atoms with Crippen molar-refractivity contribution in [3.8, 4) is 0 Å². The molecule has 0 bridgehead atoms. The molecule has 118 valence electrons. The van der Waals surface area contributed by atoms with Crippen molar-refractivity contribution in [2.75, 3.05) is 6.54 Å². The number of carbonyl (C=O) groups is 1. The van der Waals surface area contributed by atoms with Crippen LogP contribution in [0.4, 0.5) is 0 Å². The van der Waals surface area contributed by atoms with E-state index in [0.29, 0.717) is 25.4 Å². The van der Waals surface area contributed by atoms with E-state index in [2.05, 4.69) is 19.6 Å². The maximum atomic E-state index is 12.5. The molecule has 4 heterocycles. The van der Waals surface area contributed by atoms with Gasteiger partial charge in [-0.3, -0.25) is 4.79 Å². The molecule has 0 radical (unpaired) electrons. The molecule has 1 amide bonds. The summed E-state index contributed by atoms with van der Waals surface area (Å²) in [5.74, 6) is 1.14. The Morgan fingerprint density at radius 3 is 3.09 bits per heavy atom. The summed E-state index contributed by atoms with van der Waals surface area (Å²) in [6.07, 6.45) is 6.55. The Hall–Kier alpha value is -2.90. The van der Waals surface area contributed by atoms with Crippen LogP contribution in [-0.2, 0) is 13.1 Å². The van der Waals surface area contributed by atoms with Crippen molar-refractivity contribution in [3.05, 3.63) is 54.5 Å². The second-order valence-electron chi connectivity index (χ2n) is 5.50. The summed E-state index contributed by atoms with van der Waals surface area (Å²) >= 11 is 0. The molecule has 0 N–H and O–H groups in total. The largest absolute Gasteiger partial charge is 0.459 e. The van der Waals surface area contributed by atoms with Crippen molar-refractivity contribution in [1.82, 2.24) is 29.2 Å². The van der Waals surface area contributed by atoms with Crippen LogP contribution in [0.5, 0.6) is 0 Å². The molecule has 0 spiro atoms. The molecular weight excluding hydrogens is 296 g/mol. The molecule has 4 rings (SSSR count). The van der Waals surface area contributed by atoms with Crippen molar-refractivity contribution < 1.29 is 9.21 Å². The van der Waals surface area contributed by atoms with Gasteiger partial charge in [0.15, 0.2) is 5.76 Å². The summed E-state index contributed by atoms with van der Waals surface area (Å²) in [6.45, 7) is 3.93. The zero-order valence-corrected chi connectivity index (χ0v) is 12.7. The number of amides is 1. The Bertz CT molecular complexity index is 805. The average molecular weight is 312 g/mol. The second-order valence-corrected chi connectivity index (χ2v) is 5.50. The van der Waals surface area contributed by atoms with E-state index >= 15 is 0 Å². The first kappa shape index (κ1) is 13.7. The van der Waals surface area contributed by atoms with Gasteiger partial charge in [0, 0.05) is 13.1 Å². The van der Waals surface area contributed by atoms with E-state index in [1.807, 2.05) is 13.1 Å². The number of imidazole rings is 1. The number of hydrogen-bond acceptors (Lipinski definition) is 5. The van der Waals surface area contributed by atoms with E-state index in [9.17, 15) is 4.79 Å². The van der Waals surface area contributed by atoms with Gasteiger partial charge in [-0.2, -0.15) is 5.10 Å². The Morgan fingerprint density at radius 2 is 2.35 bits per heavy atom. The van der Waals surface area contributed by atoms with Crippen LogP contribution in [0.3, 0.4) is 0 Å². The third kappa shape index (κ3) is 2.32. The van der Waals surface area contributed by atoms with Crippen LogP contribution in [0.15, 0.2) is 41.7 Å². The van der Waals surface area contributed by atoms with Gasteiger partial charge in [0.25, 0.3) is 5.91 Å². The molecule has 0 fully saturated rings. The smallest absolute Gasteiger partial charge is 0.290 e. The van der Waals surface area contributed by atoms with Gasteiger partial charge in [-0.25, -0.2) is 14.6 Å². The summed E-state index contributed by atoms with van der Waals surface area (Å²) in [5, 5.41) is 4.12. The molecule has 0 aromatic carbocycles. The minimum absolute atomic E-state index is 0.102. The van der Waals surface area contributed by atoms with Crippen LogP contribution in [0.1, 0.15) is 35.0 Å². The molecule has 1 aliphatic rings. The lowest BCUT2D eigenvalue weighted by Gasteiger charge is -2.33. The number of carbonyl (C=O) groups excluding carboxylic acids is 1. The highest BCUT2D eigenvalue weighted by molar-refractivity contribution is 5.91. The van der Waals surface area contributed by atoms with Crippen LogP contribution in [0, 0.1) is 0 Å². The van der Waals surface area contributed by atoms with Gasteiger partial charge in [0.2, 0.25) is 0 Å². The van der Waals surface area contributed by atoms with Crippen molar-refractivity contribution in [1.29, 1.82) is 0 Å². The first-order valence-corrected chi connectivity index (χ1v) is 7.45. The molecule has 3 aromatic rings. The first-order valence-electron chi connectivity index (χ1n) is 7.45. The molecule has 8 nitrogen and oxygen atoms in total. The van der Waals surface area contributed by atoms with E-state index < -0.39 is 0 Å². The molecule has 1 atom stereocenters. The number of nitrogens with zero attached hydrogens (tertiary/aromatic N) is 6. The van der Waals surface area contributed by atoms with Gasteiger partial charge in [-0.1, -0.05) is 0 Å². The molecule has 8 heteroatoms. The van der Waals surface area contributed by atoms with E-state index in [4.69, 9.17) is 4.42 Å². The minimum Gasteiger partial charge on any atom is -0.459 e. The van der Waals surface area contributed by atoms with Crippen LogP contribution in [0.25, 0.3) is 0 Å². The van der Waals surface area contributed by atoms with Crippen molar-refractivity contribution in [2.24, 2.45) is 0 Å². The van der Waals surface area contributed by atoms with E-state index in [1.54, 1.807) is 28.0 Å². The van der Waals surface area contributed by atoms with Crippen molar-refractivity contribution in [3.63, 3.8) is 0 Å². The summed E-state index contributed by atoms with van der Waals surface area (Å²) in [5.41, 5.74) is 1.06.